The molecule has 1 aromatic carbocycles. The van der Waals surface area contributed by atoms with E-state index in [1.54, 1.807) is 5.56 Å². The van der Waals surface area contributed by atoms with Crippen LogP contribution in [0.15, 0.2) is 24.3 Å². The van der Waals surface area contributed by atoms with Crippen LogP contribution in [0.1, 0.15) is 70.9 Å². The largest absolute Gasteiger partial charge is 0.296 e. The predicted molar refractivity (Wildman–Crippen MR) is 88.1 cm³/mol. The van der Waals surface area contributed by atoms with Gasteiger partial charge in [-0.3, -0.25) is 4.90 Å². The molecule has 0 spiro atoms. The second-order valence-electron chi connectivity index (χ2n) is 7.13. The molecular formula is C19H31N. The van der Waals surface area contributed by atoms with Gasteiger partial charge in [0.2, 0.25) is 0 Å². The minimum absolute atomic E-state index is 0.300. The standard InChI is InChI=1S/C19H31N/c1-5-6-7-10-13-20-15-17-11-8-9-12-18(17)19(3,4)14-16(20)2/h8-9,11-12,16H,5-7,10,13-15H2,1-4H3. The molecule has 0 N–H and O–H groups in total. The number of hydrogen-bond donors (Lipinski definition) is 0. The lowest BCUT2D eigenvalue weighted by Gasteiger charge is -2.31. The second kappa shape index (κ2) is 6.76. The Hall–Kier alpha value is -0.820. The molecule has 0 amide bonds. The number of nitrogens with zero attached hydrogens (tertiary/aromatic N) is 1. The molecule has 1 aliphatic heterocycles. The summed E-state index contributed by atoms with van der Waals surface area (Å²) in [6.07, 6.45) is 6.69. The Labute approximate surface area is 125 Å². The first-order chi connectivity index (χ1) is 9.54. The summed E-state index contributed by atoms with van der Waals surface area (Å²) in [7, 11) is 0. The smallest absolute Gasteiger partial charge is 0.0239 e. The highest BCUT2D eigenvalue weighted by molar-refractivity contribution is 5.34. The van der Waals surface area contributed by atoms with Gasteiger partial charge in [0.05, 0.1) is 0 Å². The molecule has 0 aliphatic carbocycles. The summed E-state index contributed by atoms with van der Waals surface area (Å²) in [6, 6.07) is 9.73. The summed E-state index contributed by atoms with van der Waals surface area (Å²) >= 11 is 0. The van der Waals surface area contributed by atoms with Crippen molar-refractivity contribution in [2.75, 3.05) is 6.54 Å². The van der Waals surface area contributed by atoms with Crippen LogP contribution >= 0.6 is 0 Å². The van der Waals surface area contributed by atoms with Crippen LogP contribution in [0, 0.1) is 0 Å². The normalized spacial score (nSPS) is 22.3. The van der Waals surface area contributed by atoms with E-state index in [1.165, 1.54) is 44.2 Å². The maximum atomic E-state index is 2.70. The molecule has 2 rings (SSSR count). The van der Waals surface area contributed by atoms with E-state index in [0.717, 1.165) is 6.54 Å². The van der Waals surface area contributed by atoms with Gasteiger partial charge < -0.3 is 0 Å². The number of unbranched alkanes of at least 4 members (excludes halogenated alkanes) is 3. The molecule has 1 nitrogen and oxygen atoms in total. The first-order valence-electron chi connectivity index (χ1n) is 8.37. The van der Waals surface area contributed by atoms with Gasteiger partial charge in [0.15, 0.2) is 0 Å². The van der Waals surface area contributed by atoms with Crippen LogP contribution in [0.2, 0.25) is 0 Å². The minimum Gasteiger partial charge on any atom is -0.296 e. The first-order valence-corrected chi connectivity index (χ1v) is 8.37. The Kier molecular flexibility index (Phi) is 5.26. The van der Waals surface area contributed by atoms with E-state index in [-0.39, 0.29) is 0 Å². The van der Waals surface area contributed by atoms with Crippen LogP contribution in [0.5, 0.6) is 0 Å². The Bertz CT molecular complexity index is 422. The van der Waals surface area contributed by atoms with Crippen LogP contribution < -0.4 is 0 Å². The third-order valence-electron chi connectivity index (χ3n) is 4.85. The average molecular weight is 273 g/mol. The summed E-state index contributed by atoms with van der Waals surface area (Å²) in [4.78, 5) is 2.70. The topological polar surface area (TPSA) is 3.24 Å². The van der Waals surface area contributed by atoms with Gasteiger partial charge in [0.25, 0.3) is 0 Å². The maximum Gasteiger partial charge on any atom is 0.0239 e. The highest BCUT2D eigenvalue weighted by Gasteiger charge is 2.31. The Morgan fingerprint density at radius 3 is 2.65 bits per heavy atom. The van der Waals surface area contributed by atoms with E-state index in [4.69, 9.17) is 0 Å². The van der Waals surface area contributed by atoms with Gasteiger partial charge >= 0.3 is 0 Å². The molecule has 112 valence electrons. The van der Waals surface area contributed by atoms with E-state index in [1.807, 2.05) is 0 Å². The van der Waals surface area contributed by atoms with Crippen LogP contribution in [0.3, 0.4) is 0 Å². The average Bonchev–Trinajstić information content (AvgIpc) is 2.50. The molecule has 1 unspecified atom stereocenters. The molecule has 1 aliphatic rings. The third kappa shape index (κ3) is 3.63. The molecule has 1 heterocycles. The zero-order valence-electron chi connectivity index (χ0n) is 13.8. The van der Waals surface area contributed by atoms with E-state index in [9.17, 15) is 0 Å². The van der Waals surface area contributed by atoms with Gasteiger partial charge in [0, 0.05) is 12.6 Å². The van der Waals surface area contributed by atoms with Crippen molar-refractivity contribution in [3.8, 4) is 0 Å². The van der Waals surface area contributed by atoms with Crippen molar-refractivity contribution in [1.82, 2.24) is 4.90 Å². The van der Waals surface area contributed by atoms with Crippen LogP contribution in [-0.4, -0.2) is 17.5 Å². The van der Waals surface area contributed by atoms with Crippen LogP contribution in [0.4, 0.5) is 0 Å². The zero-order chi connectivity index (χ0) is 14.6. The summed E-state index contributed by atoms with van der Waals surface area (Å²) in [5.41, 5.74) is 3.40. The highest BCUT2D eigenvalue weighted by Crippen LogP contribution is 2.36. The molecule has 20 heavy (non-hydrogen) atoms. The minimum atomic E-state index is 0.300. The van der Waals surface area contributed by atoms with Gasteiger partial charge in [-0.15, -0.1) is 0 Å². The fourth-order valence-electron chi connectivity index (χ4n) is 3.71. The van der Waals surface area contributed by atoms with Crippen molar-refractivity contribution in [3.63, 3.8) is 0 Å². The van der Waals surface area contributed by atoms with Crippen molar-refractivity contribution in [3.05, 3.63) is 35.4 Å². The fourth-order valence-corrected chi connectivity index (χ4v) is 3.71. The molecule has 0 fully saturated rings. The van der Waals surface area contributed by atoms with Crippen molar-refractivity contribution < 1.29 is 0 Å². The highest BCUT2D eigenvalue weighted by atomic mass is 15.1. The molecule has 0 saturated carbocycles. The second-order valence-corrected chi connectivity index (χ2v) is 7.13. The molecule has 0 bridgehead atoms. The van der Waals surface area contributed by atoms with Gasteiger partial charge in [-0.25, -0.2) is 0 Å². The lowest BCUT2D eigenvalue weighted by molar-refractivity contribution is 0.178. The maximum absolute atomic E-state index is 2.70. The van der Waals surface area contributed by atoms with Crippen LogP contribution in [0.25, 0.3) is 0 Å². The predicted octanol–water partition coefficient (Wildman–Crippen LogP) is 5.14. The van der Waals surface area contributed by atoms with Gasteiger partial charge in [-0.05, 0) is 42.9 Å². The van der Waals surface area contributed by atoms with E-state index in [0.29, 0.717) is 11.5 Å². The quantitative estimate of drug-likeness (QED) is 0.671. The lowest BCUT2D eigenvalue weighted by Crippen LogP contribution is -2.34. The Morgan fingerprint density at radius 2 is 1.90 bits per heavy atom. The third-order valence-corrected chi connectivity index (χ3v) is 4.85. The number of fused-ring (bicyclic) bond motifs is 1. The Balaban J connectivity index is 2.10. The van der Waals surface area contributed by atoms with Gasteiger partial charge in [0.1, 0.15) is 0 Å². The number of rotatable bonds is 5. The molecule has 0 radical (unpaired) electrons. The van der Waals surface area contributed by atoms with Gasteiger partial charge in [-0.2, -0.15) is 0 Å². The SMILES string of the molecule is CCCCCCN1Cc2ccccc2C(C)(C)CC1C. The monoisotopic (exact) mass is 273 g/mol. The number of benzene rings is 1. The van der Waals surface area contributed by atoms with Crippen molar-refractivity contribution >= 4 is 0 Å². The first kappa shape index (κ1) is 15.6. The van der Waals surface area contributed by atoms with Crippen molar-refractivity contribution in [2.24, 2.45) is 0 Å². The molecule has 0 aromatic heterocycles. The molecule has 0 saturated heterocycles. The molecule has 1 aromatic rings. The molecule has 1 heteroatoms. The molecular weight excluding hydrogens is 242 g/mol. The van der Waals surface area contributed by atoms with Crippen molar-refractivity contribution in [2.45, 2.75) is 77.8 Å². The summed E-state index contributed by atoms with van der Waals surface area (Å²) < 4.78 is 0. The van der Waals surface area contributed by atoms with E-state index in [2.05, 4.69) is 56.9 Å². The van der Waals surface area contributed by atoms with Crippen LogP contribution in [-0.2, 0) is 12.0 Å². The summed E-state index contributed by atoms with van der Waals surface area (Å²) in [5, 5.41) is 0. The lowest BCUT2D eigenvalue weighted by atomic mass is 9.78. The fraction of sp³-hybridized carbons (Fsp3) is 0.684. The van der Waals surface area contributed by atoms with E-state index >= 15 is 0 Å². The Morgan fingerprint density at radius 1 is 1.15 bits per heavy atom. The van der Waals surface area contributed by atoms with Crippen molar-refractivity contribution in [1.29, 1.82) is 0 Å². The zero-order valence-corrected chi connectivity index (χ0v) is 13.8. The molecule has 1 atom stereocenters. The van der Waals surface area contributed by atoms with Gasteiger partial charge in [-0.1, -0.05) is 64.3 Å². The summed E-state index contributed by atoms with van der Waals surface area (Å²) in [5.74, 6) is 0. The van der Waals surface area contributed by atoms with E-state index < -0.39 is 0 Å². The number of hydrogen-bond acceptors (Lipinski definition) is 1. The summed E-state index contributed by atoms with van der Waals surface area (Å²) in [6.45, 7) is 11.9.